The lowest BCUT2D eigenvalue weighted by molar-refractivity contribution is -0.870. The number of carbonyl (C=O) groups is 1. The fourth-order valence-electron chi connectivity index (χ4n) is 3.98. The number of rotatable bonds is 25. The first-order valence-corrected chi connectivity index (χ1v) is 15.6. The molecule has 0 aliphatic carbocycles. The summed E-state index contributed by atoms with van der Waals surface area (Å²) in [5, 5.41) is 0. The molecule has 0 amide bonds. The second-order valence-corrected chi connectivity index (χ2v) is 12.4. The van der Waals surface area contributed by atoms with Gasteiger partial charge in [-0.05, 0) is 12.8 Å². The van der Waals surface area contributed by atoms with Gasteiger partial charge in [0.15, 0.2) is 0 Å². The smallest absolute Gasteiger partial charge is 0.460 e. The van der Waals surface area contributed by atoms with Crippen molar-refractivity contribution in [1.82, 2.24) is 0 Å². The highest BCUT2D eigenvalue weighted by atomic mass is 31.2. The Hall–Kier alpha value is -0.460. The van der Waals surface area contributed by atoms with Crippen molar-refractivity contribution in [2.75, 3.05) is 40.9 Å². The first-order valence-electron chi connectivity index (χ1n) is 14.2. The molecule has 0 saturated carbocycles. The third kappa shape index (κ3) is 26.4. The van der Waals surface area contributed by atoms with E-state index in [0.29, 0.717) is 17.4 Å². The molecule has 0 saturated heterocycles. The number of carbonyl (C=O) groups excluding carboxylic acids is 1. The number of unbranched alkanes of at least 4 members (excludes halogenated alkanes) is 15. The average Bonchev–Trinajstić information content (AvgIpc) is 2.75. The summed E-state index contributed by atoms with van der Waals surface area (Å²) < 4.78 is 28.1. The highest BCUT2D eigenvalue weighted by Crippen LogP contribution is 2.43. The average molecular weight is 523 g/mol. The molecule has 2 atom stereocenters. The van der Waals surface area contributed by atoms with Crippen molar-refractivity contribution < 1.29 is 32.5 Å². The minimum atomic E-state index is -4.15. The van der Waals surface area contributed by atoms with E-state index in [9.17, 15) is 14.3 Å². The number of likely N-dealkylation sites (N-methyl/N-ethyl adjacent to an activating group) is 1. The first kappa shape index (κ1) is 34.5. The van der Waals surface area contributed by atoms with Gasteiger partial charge in [-0.1, -0.05) is 103 Å². The number of ether oxygens (including phenoxy) is 1. The zero-order valence-corrected chi connectivity index (χ0v) is 24.5. The number of esters is 1. The Morgan fingerprint density at radius 1 is 0.771 bits per heavy atom. The summed E-state index contributed by atoms with van der Waals surface area (Å²) in [5.41, 5.74) is 0. The van der Waals surface area contributed by atoms with E-state index < -0.39 is 19.9 Å². The number of quaternary nitrogens is 1. The van der Waals surface area contributed by atoms with Crippen molar-refractivity contribution in [3.63, 3.8) is 0 Å². The van der Waals surface area contributed by atoms with Crippen molar-refractivity contribution in [1.29, 1.82) is 0 Å². The monoisotopic (exact) mass is 522 g/mol. The van der Waals surface area contributed by atoms with Crippen molar-refractivity contribution >= 4 is 13.8 Å². The maximum Gasteiger partial charge on any atom is 0.472 e. The van der Waals surface area contributed by atoms with Gasteiger partial charge < -0.3 is 14.1 Å². The summed E-state index contributed by atoms with van der Waals surface area (Å²) in [5.74, 6) is -0.409. The summed E-state index contributed by atoms with van der Waals surface area (Å²) in [6.07, 6.45) is 20.9. The molecular weight excluding hydrogens is 465 g/mol. The quantitative estimate of drug-likeness (QED) is 0.0582. The van der Waals surface area contributed by atoms with Crippen LogP contribution in [0.25, 0.3) is 0 Å². The summed E-state index contributed by atoms with van der Waals surface area (Å²) in [6.45, 7) is 4.19. The highest BCUT2D eigenvalue weighted by molar-refractivity contribution is 7.47. The van der Waals surface area contributed by atoms with Gasteiger partial charge in [-0.15, -0.1) is 0 Å². The number of nitrogens with zero attached hydrogens (tertiary/aromatic N) is 1. The van der Waals surface area contributed by atoms with E-state index in [-0.39, 0.29) is 13.2 Å². The largest absolute Gasteiger partial charge is 0.472 e. The molecule has 0 rings (SSSR count). The molecule has 0 aromatic carbocycles. The Kier molecular flexibility index (Phi) is 21.3. The van der Waals surface area contributed by atoms with E-state index >= 15 is 0 Å². The van der Waals surface area contributed by atoms with Crippen LogP contribution >= 0.6 is 7.82 Å². The Morgan fingerprint density at radius 2 is 1.20 bits per heavy atom. The van der Waals surface area contributed by atoms with Gasteiger partial charge in [0.05, 0.1) is 27.7 Å². The molecule has 0 spiro atoms. The van der Waals surface area contributed by atoms with Gasteiger partial charge in [0.2, 0.25) is 0 Å². The SMILES string of the molecule is CCCCCCCCCCCCCCCCCC[C@H](COP(=O)(O)OCC[N+](C)(C)C)OC(C)=O. The Bertz CT molecular complexity index is 552. The maximum absolute atomic E-state index is 12.1. The topological polar surface area (TPSA) is 82.1 Å². The zero-order valence-electron chi connectivity index (χ0n) is 23.6. The lowest BCUT2D eigenvalue weighted by Gasteiger charge is -2.24. The van der Waals surface area contributed by atoms with Gasteiger partial charge >= 0.3 is 13.8 Å². The van der Waals surface area contributed by atoms with Gasteiger partial charge in [-0.3, -0.25) is 13.8 Å². The van der Waals surface area contributed by atoms with Gasteiger partial charge in [0, 0.05) is 6.92 Å². The molecule has 0 aliphatic rings. The standard InChI is InChI=1S/C27H56NO6P/c1-6-7-8-9-10-11-12-13-14-15-16-17-18-19-20-21-22-27(34-26(2)29)25-33-35(30,31)32-24-23-28(3,4)5/h27H,6-25H2,1-5H3/p+1/t27-/m1/s1. The third-order valence-electron chi connectivity index (χ3n) is 6.15. The van der Waals surface area contributed by atoms with Crippen LogP contribution in [0.3, 0.4) is 0 Å². The Morgan fingerprint density at radius 3 is 1.60 bits per heavy atom. The fourth-order valence-corrected chi connectivity index (χ4v) is 4.72. The maximum atomic E-state index is 12.1. The lowest BCUT2D eigenvalue weighted by atomic mass is 10.0. The van der Waals surface area contributed by atoms with Crippen LogP contribution in [0.4, 0.5) is 0 Å². The van der Waals surface area contributed by atoms with Crippen LogP contribution in [0.1, 0.15) is 123 Å². The number of hydrogen-bond acceptors (Lipinski definition) is 5. The molecule has 0 aromatic rings. The normalized spacial score (nSPS) is 14.6. The molecule has 0 bridgehead atoms. The molecule has 8 heteroatoms. The van der Waals surface area contributed by atoms with Crippen molar-refractivity contribution in [2.24, 2.45) is 0 Å². The molecule has 0 fully saturated rings. The third-order valence-corrected chi connectivity index (χ3v) is 7.14. The van der Waals surface area contributed by atoms with Crippen LogP contribution in [0.15, 0.2) is 0 Å². The highest BCUT2D eigenvalue weighted by Gasteiger charge is 2.25. The summed E-state index contributed by atoms with van der Waals surface area (Å²) in [7, 11) is 1.77. The van der Waals surface area contributed by atoms with Crippen LogP contribution in [0, 0.1) is 0 Å². The summed E-state index contributed by atoms with van der Waals surface area (Å²) in [6, 6.07) is 0. The molecule has 7 nitrogen and oxygen atoms in total. The molecule has 35 heavy (non-hydrogen) atoms. The van der Waals surface area contributed by atoms with E-state index in [1.165, 1.54) is 90.4 Å². The molecule has 1 N–H and O–H groups in total. The predicted octanol–water partition coefficient (Wildman–Crippen LogP) is 7.41. The predicted molar refractivity (Wildman–Crippen MR) is 144 cm³/mol. The molecule has 0 heterocycles. The van der Waals surface area contributed by atoms with Gasteiger partial charge in [-0.25, -0.2) is 4.57 Å². The number of phosphoric acid groups is 1. The molecule has 210 valence electrons. The van der Waals surface area contributed by atoms with Crippen LogP contribution in [-0.4, -0.2) is 62.4 Å². The van der Waals surface area contributed by atoms with Crippen molar-refractivity contribution in [2.45, 2.75) is 129 Å². The van der Waals surface area contributed by atoms with Crippen LogP contribution in [0.5, 0.6) is 0 Å². The van der Waals surface area contributed by atoms with Crippen LogP contribution in [-0.2, 0) is 23.1 Å². The molecule has 0 radical (unpaired) electrons. The Labute approximate surface area is 216 Å². The van der Waals surface area contributed by atoms with E-state index in [4.69, 9.17) is 13.8 Å². The van der Waals surface area contributed by atoms with Gasteiger partial charge in [-0.2, -0.15) is 0 Å². The Balaban J connectivity index is 3.77. The number of hydrogen-bond donors (Lipinski definition) is 1. The van der Waals surface area contributed by atoms with Gasteiger partial charge in [0.1, 0.15) is 19.3 Å². The molecule has 0 aliphatic heterocycles. The van der Waals surface area contributed by atoms with Crippen LogP contribution in [0.2, 0.25) is 0 Å². The first-order chi connectivity index (χ1) is 16.6. The van der Waals surface area contributed by atoms with Gasteiger partial charge in [0.25, 0.3) is 0 Å². The fraction of sp³-hybridized carbons (Fsp3) is 0.963. The van der Waals surface area contributed by atoms with E-state index in [0.717, 1.165) is 19.3 Å². The molecule has 0 aromatic heterocycles. The van der Waals surface area contributed by atoms with Crippen molar-refractivity contribution in [3.8, 4) is 0 Å². The summed E-state index contributed by atoms with van der Waals surface area (Å²) >= 11 is 0. The van der Waals surface area contributed by atoms with E-state index in [2.05, 4.69) is 6.92 Å². The molecule has 1 unspecified atom stereocenters. The second-order valence-electron chi connectivity index (χ2n) is 10.9. The van der Waals surface area contributed by atoms with E-state index in [1.54, 1.807) is 0 Å². The second kappa shape index (κ2) is 21.6. The molecular formula is C27H57NO6P+. The van der Waals surface area contributed by atoms with E-state index in [1.807, 2.05) is 21.1 Å². The van der Waals surface area contributed by atoms with Crippen molar-refractivity contribution in [3.05, 3.63) is 0 Å². The minimum absolute atomic E-state index is 0.120. The summed E-state index contributed by atoms with van der Waals surface area (Å²) in [4.78, 5) is 21.3. The lowest BCUT2D eigenvalue weighted by Crippen LogP contribution is -2.37. The zero-order chi connectivity index (χ0) is 26.4. The number of phosphoric ester groups is 1. The minimum Gasteiger partial charge on any atom is -0.460 e. The van der Waals surface area contributed by atoms with Crippen LogP contribution < -0.4 is 0 Å².